The summed E-state index contributed by atoms with van der Waals surface area (Å²) in [6.45, 7) is 4.14. The maximum atomic E-state index is 8.29. The summed E-state index contributed by atoms with van der Waals surface area (Å²) in [5, 5.41) is 4.30. The van der Waals surface area contributed by atoms with E-state index in [0.717, 1.165) is 58.6 Å². The predicted octanol–water partition coefficient (Wildman–Crippen LogP) is 4.36. The van der Waals surface area contributed by atoms with Crippen molar-refractivity contribution in [3.05, 3.63) is 77.4 Å². The Kier molecular flexibility index (Phi) is 6.27. The number of hydrogen-bond acceptors (Lipinski definition) is 8. The van der Waals surface area contributed by atoms with E-state index in [1.165, 1.54) is 5.56 Å². The number of fused-ring (bicyclic) bond motifs is 1. The van der Waals surface area contributed by atoms with Gasteiger partial charge in [-0.15, -0.1) is 0 Å². The fourth-order valence-electron chi connectivity index (χ4n) is 4.54. The molecule has 1 aliphatic rings. The third kappa shape index (κ3) is 4.13. The highest BCUT2D eigenvalue weighted by Gasteiger charge is 2.50. The van der Waals surface area contributed by atoms with Gasteiger partial charge in [0.05, 0.1) is 5.41 Å². The van der Waals surface area contributed by atoms with Gasteiger partial charge in [-0.2, -0.15) is 13.4 Å². The van der Waals surface area contributed by atoms with E-state index < -0.39 is 11.6 Å². The zero-order chi connectivity index (χ0) is 25.3. The molecule has 0 bridgehead atoms. The lowest BCUT2D eigenvalue weighted by Crippen LogP contribution is -2.08. The summed E-state index contributed by atoms with van der Waals surface area (Å²) in [4.78, 5) is 18.9. The number of aromatic nitrogens is 6. The van der Waals surface area contributed by atoms with Crippen molar-refractivity contribution in [2.75, 3.05) is 0 Å². The Labute approximate surface area is 211 Å². The molecular weight excluding hydrogens is 476 g/mol. The summed E-state index contributed by atoms with van der Waals surface area (Å²) in [6, 6.07) is 14.6. The molecule has 6 rings (SSSR count). The number of aryl methyl sites for hydroxylation is 3. The molecule has 0 atom stereocenters. The number of benzene rings is 1. The molecule has 10 heteroatoms. The normalized spacial score (nSPS) is 13.8. The van der Waals surface area contributed by atoms with Crippen LogP contribution < -0.4 is 0 Å². The lowest BCUT2D eigenvalue weighted by Gasteiger charge is -2.10. The van der Waals surface area contributed by atoms with Gasteiger partial charge >= 0.3 is 11.6 Å². The number of hydrogen-bond donors (Lipinski definition) is 0. The minimum absolute atomic E-state index is 0.147. The van der Waals surface area contributed by atoms with Crippen LogP contribution in [0.3, 0.4) is 0 Å². The third-order valence-corrected chi connectivity index (χ3v) is 6.58. The Bertz CT molecular complexity index is 1580. The van der Waals surface area contributed by atoms with Gasteiger partial charge in [0.2, 0.25) is 11.7 Å². The lowest BCUT2D eigenvalue weighted by molar-refractivity contribution is 0.360. The molecule has 0 unspecified atom stereocenters. The van der Waals surface area contributed by atoms with E-state index in [0.29, 0.717) is 11.7 Å². The van der Waals surface area contributed by atoms with Crippen LogP contribution in [0, 0.1) is 6.92 Å². The average Bonchev–Trinajstić information content (AvgIpc) is 3.44. The molecule has 9 nitrogen and oxygen atoms in total. The highest BCUT2D eigenvalue weighted by atomic mass is 32.1. The maximum absolute atomic E-state index is 8.29. The summed E-state index contributed by atoms with van der Waals surface area (Å²) in [6.07, 6.45) is 6.53. The van der Waals surface area contributed by atoms with Crippen LogP contribution in [0.2, 0.25) is 0 Å². The molecule has 4 aromatic heterocycles. The molecule has 0 N–H and O–H groups in total. The van der Waals surface area contributed by atoms with E-state index in [9.17, 15) is 0 Å². The zero-order valence-electron chi connectivity index (χ0n) is 20.1. The molecular formula is C26H24N6O3S. The van der Waals surface area contributed by atoms with Crippen LogP contribution in [-0.2, 0) is 30.5 Å². The van der Waals surface area contributed by atoms with Crippen LogP contribution in [-0.4, -0.2) is 38.1 Å². The van der Waals surface area contributed by atoms with Gasteiger partial charge in [0.15, 0.2) is 11.5 Å². The van der Waals surface area contributed by atoms with Crippen molar-refractivity contribution in [1.82, 2.24) is 29.7 Å². The van der Waals surface area contributed by atoms with E-state index >= 15 is 0 Å². The molecule has 1 fully saturated rings. The molecule has 0 amide bonds. The summed E-state index contributed by atoms with van der Waals surface area (Å²) in [5.74, 6) is 2.06. The smallest absolute Gasteiger partial charge is 0.335 e. The Hall–Kier alpha value is -4.05. The largest absolute Gasteiger partial charge is 0.338 e. The van der Waals surface area contributed by atoms with E-state index in [1.807, 2.05) is 43.1 Å². The zero-order valence-corrected chi connectivity index (χ0v) is 21.0. The van der Waals surface area contributed by atoms with Crippen molar-refractivity contribution in [3.63, 3.8) is 0 Å². The second-order valence-corrected chi connectivity index (χ2v) is 9.01. The fraction of sp³-hybridized carbons (Fsp3) is 0.269. The highest BCUT2D eigenvalue weighted by molar-refractivity contribution is 7.51. The van der Waals surface area contributed by atoms with Crippen molar-refractivity contribution in [2.24, 2.45) is 7.05 Å². The van der Waals surface area contributed by atoms with Gasteiger partial charge in [-0.3, -0.25) is 4.98 Å². The second kappa shape index (κ2) is 9.54. The molecule has 4 heterocycles. The number of rotatable bonds is 5. The number of imidazole rings is 1. The molecule has 0 spiro atoms. The van der Waals surface area contributed by atoms with Gasteiger partial charge in [-0.05, 0) is 55.0 Å². The summed E-state index contributed by atoms with van der Waals surface area (Å²) >= 11 is -0.750. The van der Waals surface area contributed by atoms with Crippen molar-refractivity contribution in [2.45, 2.75) is 38.5 Å². The molecule has 1 aromatic carbocycles. The topological polar surface area (TPSA) is 117 Å². The van der Waals surface area contributed by atoms with Crippen molar-refractivity contribution < 1.29 is 12.9 Å². The quantitative estimate of drug-likeness (QED) is 0.349. The first-order chi connectivity index (χ1) is 17.5. The minimum Gasteiger partial charge on any atom is -0.338 e. The Morgan fingerprint density at radius 2 is 1.81 bits per heavy atom. The van der Waals surface area contributed by atoms with Crippen LogP contribution in [0.4, 0.5) is 0 Å². The minimum atomic E-state index is -0.750. The van der Waals surface area contributed by atoms with Gasteiger partial charge in [0, 0.05) is 25.0 Å². The van der Waals surface area contributed by atoms with Gasteiger partial charge in [-0.25, -0.2) is 9.97 Å². The van der Waals surface area contributed by atoms with E-state index in [2.05, 4.69) is 47.4 Å². The number of nitrogens with zero attached hydrogens (tertiary/aromatic N) is 6. The maximum Gasteiger partial charge on any atom is 0.335 e. The summed E-state index contributed by atoms with van der Waals surface area (Å²) in [7, 11) is 1.98. The molecule has 5 aromatic rings. The predicted molar refractivity (Wildman–Crippen MR) is 135 cm³/mol. The SMILES string of the molecule is CCc1cc(-c2noc(C3(c4ccccc4)CC3)n2)cnc1-c1nc2cc(C)cnc2n1C.O=S=O. The van der Waals surface area contributed by atoms with Crippen LogP contribution in [0.5, 0.6) is 0 Å². The third-order valence-electron chi connectivity index (χ3n) is 6.58. The molecule has 0 saturated heterocycles. The fourth-order valence-corrected chi connectivity index (χ4v) is 4.54. The molecule has 182 valence electrons. The lowest BCUT2D eigenvalue weighted by atomic mass is 9.96. The van der Waals surface area contributed by atoms with Crippen LogP contribution in [0.25, 0.3) is 34.1 Å². The Morgan fingerprint density at radius 1 is 1.06 bits per heavy atom. The van der Waals surface area contributed by atoms with Gasteiger partial charge in [0.1, 0.15) is 11.2 Å². The first kappa shape index (κ1) is 23.7. The molecule has 0 radical (unpaired) electrons. The molecule has 1 saturated carbocycles. The van der Waals surface area contributed by atoms with Gasteiger partial charge < -0.3 is 9.09 Å². The molecule has 0 aliphatic heterocycles. The highest BCUT2D eigenvalue weighted by Crippen LogP contribution is 2.53. The Balaban J connectivity index is 0.000000848. The summed E-state index contributed by atoms with van der Waals surface area (Å²) in [5.41, 5.74) is 6.68. The van der Waals surface area contributed by atoms with E-state index in [-0.39, 0.29) is 5.41 Å². The standard InChI is InChI=1S/C26H24N6O.O2S/c1-4-17-13-18(15-27-21(17)24-29-20-12-16(2)14-28-23(20)32(24)3)22-30-25(33-31-22)26(10-11-26)19-8-6-5-7-9-19;1-3-2/h5-9,12-15H,4,10-11H2,1-3H3;. The first-order valence-corrected chi connectivity index (χ1v) is 12.3. The van der Waals surface area contributed by atoms with Crippen molar-refractivity contribution in [1.29, 1.82) is 0 Å². The van der Waals surface area contributed by atoms with Crippen LogP contribution >= 0.6 is 0 Å². The molecule has 36 heavy (non-hydrogen) atoms. The monoisotopic (exact) mass is 500 g/mol. The van der Waals surface area contributed by atoms with Crippen molar-refractivity contribution >= 4 is 22.7 Å². The van der Waals surface area contributed by atoms with E-state index in [1.54, 1.807) is 0 Å². The van der Waals surface area contributed by atoms with Crippen molar-refractivity contribution in [3.8, 4) is 22.9 Å². The van der Waals surface area contributed by atoms with Gasteiger partial charge in [-0.1, -0.05) is 42.4 Å². The van der Waals surface area contributed by atoms with Crippen LogP contribution in [0.1, 0.15) is 42.3 Å². The number of pyridine rings is 2. The average molecular weight is 501 g/mol. The molecule has 1 aliphatic carbocycles. The van der Waals surface area contributed by atoms with Crippen LogP contribution in [0.15, 0.2) is 59.4 Å². The van der Waals surface area contributed by atoms with E-state index in [4.69, 9.17) is 27.9 Å². The first-order valence-electron chi connectivity index (χ1n) is 11.6. The second-order valence-electron chi connectivity index (χ2n) is 8.87. The summed E-state index contributed by atoms with van der Waals surface area (Å²) < 4.78 is 24.3. The Morgan fingerprint density at radius 3 is 2.50 bits per heavy atom. The van der Waals surface area contributed by atoms with Gasteiger partial charge in [0.25, 0.3) is 0 Å².